The van der Waals surface area contributed by atoms with E-state index in [-0.39, 0.29) is 12.1 Å². The van der Waals surface area contributed by atoms with Crippen molar-refractivity contribution in [2.24, 2.45) is 5.73 Å². The fraction of sp³-hybridized carbons (Fsp3) is 0.667. The summed E-state index contributed by atoms with van der Waals surface area (Å²) < 4.78 is 0. The van der Waals surface area contributed by atoms with Crippen molar-refractivity contribution in [3.8, 4) is 0 Å². The molecule has 0 aromatic carbocycles. The summed E-state index contributed by atoms with van der Waals surface area (Å²) in [6.45, 7) is 0. The summed E-state index contributed by atoms with van der Waals surface area (Å²) >= 11 is 0. The van der Waals surface area contributed by atoms with Crippen LogP contribution in [0.25, 0.3) is 0 Å². The number of rotatable bonds is 0. The Labute approximate surface area is 41.0 Å². The normalized spacial score (nSPS) is 30.4. The monoisotopic (exact) mass is 101 g/mol. The van der Waals surface area contributed by atoms with Crippen LogP contribution in [-0.4, -0.2) is 12.1 Å². The highest BCUT2D eigenvalue weighted by Crippen LogP contribution is 1.86. The van der Waals surface area contributed by atoms with Crippen LogP contribution in [0.3, 0.4) is 0 Å². The Morgan fingerprint density at radius 3 is 2.71 bits per heavy atom. The molecule has 0 aliphatic carbocycles. The first-order valence-electron chi connectivity index (χ1n) is 2.09. The Balaban J connectivity index is 2.40. The molecule has 1 saturated heterocycles. The SMILES string of the molecule is NC1CC(=O)NN1. The van der Waals surface area contributed by atoms with E-state index in [0.29, 0.717) is 6.42 Å². The van der Waals surface area contributed by atoms with E-state index in [9.17, 15) is 4.79 Å². The second-order valence-corrected chi connectivity index (χ2v) is 1.50. The molecule has 7 heavy (non-hydrogen) atoms. The largest absolute Gasteiger partial charge is 0.314 e. The van der Waals surface area contributed by atoms with Gasteiger partial charge >= 0.3 is 0 Å². The molecule has 1 rings (SSSR count). The highest BCUT2D eigenvalue weighted by Gasteiger charge is 2.15. The molecule has 1 atom stereocenters. The van der Waals surface area contributed by atoms with Crippen LogP contribution in [0.1, 0.15) is 6.42 Å². The number of hydrogen-bond acceptors (Lipinski definition) is 3. The van der Waals surface area contributed by atoms with E-state index in [2.05, 4.69) is 10.9 Å². The van der Waals surface area contributed by atoms with Crippen LogP contribution in [0.15, 0.2) is 0 Å². The average molecular weight is 101 g/mol. The maximum absolute atomic E-state index is 10.2. The number of nitrogens with two attached hydrogens (primary N) is 1. The molecule has 1 fully saturated rings. The van der Waals surface area contributed by atoms with Crippen LogP contribution < -0.4 is 16.6 Å². The maximum atomic E-state index is 10.2. The zero-order valence-corrected chi connectivity index (χ0v) is 3.77. The Hall–Kier alpha value is -0.610. The third kappa shape index (κ3) is 0.880. The zero-order valence-electron chi connectivity index (χ0n) is 3.77. The molecular formula is C3H7N3O. The van der Waals surface area contributed by atoms with Crippen LogP contribution in [0.2, 0.25) is 0 Å². The van der Waals surface area contributed by atoms with Gasteiger partial charge in [-0.25, -0.2) is 5.43 Å². The van der Waals surface area contributed by atoms with E-state index in [4.69, 9.17) is 5.73 Å². The number of carbonyl (C=O) groups is 1. The van der Waals surface area contributed by atoms with E-state index in [1.807, 2.05) is 0 Å². The third-order valence-corrected chi connectivity index (χ3v) is 0.802. The predicted molar refractivity (Wildman–Crippen MR) is 23.9 cm³/mol. The topological polar surface area (TPSA) is 67.2 Å². The summed E-state index contributed by atoms with van der Waals surface area (Å²) in [5.41, 5.74) is 10.1. The predicted octanol–water partition coefficient (Wildman–Crippen LogP) is -1.70. The molecule has 4 nitrogen and oxygen atoms in total. The second-order valence-electron chi connectivity index (χ2n) is 1.50. The molecule has 0 radical (unpaired) electrons. The number of hydrogen-bond donors (Lipinski definition) is 3. The number of nitrogens with one attached hydrogen (secondary N) is 2. The van der Waals surface area contributed by atoms with E-state index in [0.717, 1.165) is 0 Å². The van der Waals surface area contributed by atoms with E-state index in [1.54, 1.807) is 0 Å². The summed E-state index contributed by atoms with van der Waals surface area (Å²) in [7, 11) is 0. The lowest BCUT2D eigenvalue weighted by atomic mass is 10.4. The number of carbonyl (C=O) groups excluding carboxylic acids is 1. The van der Waals surface area contributed by atoms with Gasteiger partial charge in [0.2, 0.25) is 5.91 Å². The lowest BCUT2D eigenvalue weighted by molar-refractivity contribution is -0.119. The first kappa shape index (κ1) is 4.55. The van der Waals surface area contributed by atoms with Gasteiger partial charge in [0.25, 0.3) is 0 Å². The molecule has 1 heterocycles. The van der Waals surface area contributed by atoms with E-state index >= 15 is 0 Å². The van der Waals surface area contributed by atoms with Crippen molar-refractivity contribution in [3.05, 3.63) is 0 Å². The first-order chi connectivity index (χ1) is 3.29. The molecule has 1 unspecified atom stereocenters. The number of hydrazine groups is 1. The molecule has 0 bridgehead atoms. The zero-order chi connectivity index (χ0) is 5.28. The quantitative estimate of drug-likeness (QED) is 0.340. The van der Waals surface area contributed by atoms with Crippen LogP contribution in [0.5, 0.6) is 0 Å². The Morgan fingerprint density at radius 2 is 2.57 bits per heavy atom. The van der Waals surface area contributed by atoms with Crippen LogP contribution >= 0.6 is 0 Å². The van der Waals surface area contributed by atoms with Gasteiger partial charge in [-0.2, -0.15) is 0 Å². The Morgan fingerprint density at radius 1 is 1.86 bits per heavy atom. The van der Waals surface area contributed by atoms with Gasteiger partial charge in [0.05, 0.1) is 12.6 Å². The highest BCUT2D eigenvalue weighted by molar-refractivity contribution is 5.77. The van der Waals surface area contributed by atoms with Crippen molar-refractivity contribution < 1.29 is 4.79 Å². The minimum absolute atomic E-state index is 0.0347. The van der Waals surface area contributed by atoms with Crippen molar-refractivity contribution in [1.29, 1.82) is 0 Å². The van der Waals surface area contributed by atoms with Crippen molar-refractivity contribution in [3.63, 3.8) is 0 Å². The molecule has 0 spiro atoms. The lowest BCUT2D eigenvalue weighted by Crippen LogP contribution is -2.36. The van der Waals surface area contributed by atoms with Crippen LogP contribution in [0, 0.1) is 0 Å². The van der Waals surface area contributed by atoms with Crippen molar-refractivity contribution in [1.82, 2.24) is 10.9 Å². The van der Waals surface area contributed by atoms with Gasteiger partial charge in [0, 0.05) is 0 Å². The Bertz CT molecular complexity index is 92.2. The standard InChI is InChI=1S/C3H7N3O/c4-2-1-3(7)6-5-2/h2,5H,1,4H2,(H,6,7). The molecular weight excluding hydrogens is 94.1 g/mol. The second kappa shape index (κ2) is 1.48. The molecule has 1 amide bonds. The van der Waals surface area contributed by atoms with Gasteiger partial charge < -0.3 is 5.73 Å². The summed E-state index contributed by atoms with van der Waals surface area (Å²) in [6, 6.07) is 0. The Kier molecular flexibility index (Phi) is 0.958. The van der Waals surface area contributed by atoms with Crippen molar-refractivity contribution >= 4 is 5.91 Å². The molecule has 4 heteroatoms. The molecule has 1 aliphatic rings. The molecule has 0 aromatic rings. The molecule has 40 valence electrons. The minimum atomic E-state index is -0.188. The molecule has 1 aliphatic heterocycles. The third-order valence-electron chi connectivity index (χ3n) is 0.802. The maximum Gasteiger partial charge on any atom is 0.237 e. The van der Waals surface area contributed by atoms with Gasteiger partial charge in [-0.15, -0.1) is 0 Å². The molecule has 0 saturated carbocycles. The molecule has 0 aromatic heterocycles. The fourth-order valence-electron chi connectivity index (χ4n) is 0.475. The first-order valence-corrected chi connectivity index (χ1v) is 2.09. The van der Waals surface area contributed by atoms with Crippen LogP contribution in [-0.2, 0) is 4.79 Å². The summed E-state index contributed by atoms with van der Waals surface area (Å²) in [4.78, 5) is 10.2. The highest BCUT2D eigenvalue weighted by atomic mass is 16.2. The van der Waals surface area contributed by atoms with E-state index < -0.39 is 0 Å². The summed E-state index contributed by atoms with van der Waals surface area (Å²) in [5, 5.41) is 0. The van der Waals surface area contributed by atoms with Gasteiger partial charge in [-0.05, 0) is 0 Å². The lowest BCUT2D eigenvalue weighted by Gasteiger charge is -1.94. The van der Waals surface area contributed by atoms with Crippen LogP contribution in [0.4, 0.5) is 0 Å². The summed E-state index contributed by atoms with van der Waals surface area (Å²) in [6.07, 6.45) is 0.201. The summed E-state index contributed by atoms with van der Waals surface area (Å²) in [5.74, 6) is -0.0347. The van der Waals surface area contributed by atoms with Gasteiger partial charge in [0.1, 0.15) is 0 Å². The van der Waals surface area contributed by atoms with Gasteiger partial charge in [0.15, 0.2) is 0 Å². The van der Waals surface area contributed by atoms with Crippen molar-refractivity contribution in [2.75, 3.05) is 0 Å². The smallest absolute Gasteiger partial charge is 0.237 e. The van der Waals surface area contributed by atoms with Gasteiger partial charge in [-0.1, -0.05) is 0 Å². The van der Waals surface area contributed by atoms with Crippen molar-refractivity contribution in [2.45, 2.75) is 12.6 Å². The number of amides is 1. The van der Waals surface area contributed by atoms with E-state index in [1.165, 1.54) is 0 Å². The van der Waals surface area contributed by atoms with Gasteiger partial charge in [-0.3, -0.25) is 10.2 Å². The average Bonchev–Trinajstić information content (AvgIpc) is 1.87. The minimum Gasteiger partial charge on any atom is -0.314 e. The molecule has 4 N–H and O–H groups in total. The fourth-order valence-corrected chi connectivity index (χ4v) is 0.475.